The number of ketones is 1. The Kier molecular flexibility index (Phi) is 3.43. The van der Waals surface area contributed by atoms with Gasteiger partial charge in [-0.3, -0.25) is 4.79 Å². The van der Waals surface area contributed by atoms with Crippen LogP contribution in [-0.4, -0.2) is 26.3 Å². The van der Waals surface area contributed by atoms with Crippen molar-refractivity contribution in [1.82, 2.24) is 9.55 Å². The molecule has 18 heavy (non-hydrogen) atoms. The SMILES string of the molecule is Cn1ccnc1/C(=N\O)C(=O)c1ccc(Cl)cc1. The molecule has 0 aliphatic heterocycles. The van der Waals surface area contributed by atoms with Crippen molar-refractivity contribution < 1.29 is 10.0 Å². The average molecular weight is 264 g/mol. The summed E-state index contributed by atoms with van der Waals surface area (Å²) in [5.41, 5.74) is 0.278. The summed E-state index contributed by atoms with van der Waals surface area (Å²) in [6, 6.07) is 6.34. The average Bonchev–Trinajstić information content (AvgIpc) is 2.78. The van der Waals surface area contributed by atoms with E-state index in [4.69, 9.17) is 16.8 Å². The molecule has 0 aliphatic carbocycles. The zero-order valence-electron chi connectivity index (χ0n) is 9.54. The number of carbonyl (C=O) groups excluding carboxylic acids is 1. The number of aromatic nitrogens is 2. The molecule has 0 bridgehead atoms. The lowest BCUT2D eigenvalue weighted by atomic mass is 10.1. The van der Waals surface area contributed by atoms with Gasteiger partial charge in [0, 0.05) is 30.0 Å². The van der Waals surface area contributed by atoms with Gasteiger partial charge in [-0.25, -0.2) is 4.98 Å². The van der Waals surface area contributed by atoms with Crippen LogP contribution in [0.25, 0.3) is 0 Å². The molecule has 0 fully saturated rings. The molecule has 2 aromatic rings. The molecule has 0 saturated carbocycles. The van der Waals surface area contributed by atoms with Crippen molar-refractivity contribution in [3.05, 3.63) is 53.1 Å². The first kappa shape index (κ1) is 12.3. The molecule has 0 aliphatic rings. The van der Waals surface area contributed by atoms with Gasteiger partial charge in [-0.05, 0) is 24.3 Å². The predicted octanol–water partition coefficient (Wildman–Crippen LogP) is 2.13. The van der Waals surface area contributed by atoms with Crippen LogP contribution in [0.4, 0.5) is 0 Å². The number of aryl methyl sites for hydroxylation is 1. The Labute approximate surface area is 108 Å². The number of carbonyl (C=O) groups is 1. The van der Waals surface area contributed by atoms with Crippen LogP contribution in [0.2, 0.25) is 5.02 Å². The number of hydrogen-bond acceptors (Lipinski definition) is 4. The zero-order valence-corrected chi connectivity index (χ0v) is 10.3. The third-order valence-corrected chi connectivity index (χ3v) is 2.71. The van der Waals surface area contributed by atoms with Crippen LogP contribution in [0.3, 0.4) is 0 Å². The molecular formula is C12H10ClN3O2. The minimum absolute atomic E-state index is 0.107. The van der Waals surface area contributed by atoms with E-state index in [1.54, 1.807) is 42.1 Å². The molecule has 1 N–H and O–H groups in total. The quantitative estimate of drug-likeness (QED) is 0.399. The van der Waals surface area contributed by atoms with Gasteiger partial charge < -0.3 is 9.77 Å². The van der Waals surface area contributed by atoms with E-state index < -0.39 is 5.78 Å². The maximum atomic E-state index is 12.2. The van der Waals surface area contributed by atoms with E-state index in [0.717, 1.165) is 0 Å². The van der Waals surface area contributed by atoms with Crippen molar-refractivity contribution in [3.63, 3.8) is 0 Å². The van der Waals surface area contributed by atoms with Gasteiger partial charge in [0.25, 0.3) is 0 Å². The molecule has 0 amide bonds. The number of nitrogens with zero attached hydrogens (tertiary/aromatic N) is 3. The van der Waals surface area contributed by atoms with Gasteiger partial charge in [0.05, 0.1) is 0 Å². The summed E-state index contributed by atoms with van der Waals surface area (Å²) in [4.78, 5) is 16.1. The zero-order chi connectivity index (χ0) is 13.1. The van der Waals surface area contributed by atoms with E-state index in [1.165, 1.54) is 6.20 Å². The highest BCUT2D eigenvalue weighted by molar-refractivity contribution is 6.50. The largest absolute Gasteiger partial charge is 0.410 e. The van der Waals surface area contributed by atoms with E-state index in [1.807, 2.05) is 0 Å². The van der Waals surface area contributed by atoms with Crippen LogP contribution >= 0.6 is 11.6 Å². The Hall–Kier alpha value is -2.14. The summed E-state index contributed by atoms with van der Waals surface area (Å²) in [6.07, 6.45) is 3.19. The number of imidazole rings is 1. The Morgan fingerprint density at radius 3 is 2.56 bits per heavy atom. The normalized spacial score (nSPS) is 11.6. The Morgan fingerprint density at radius 1 is 1.39 bits per heavy atom. The second-order valence-corrected chi connectivity index (χ2v) is 4.08. The number of Topliss-reactive ketones (excluding diaryl/α,β-unsaturated/α-hetero) is 1. The molecule has 5 nitrogen and oxygen atoms in total. The highest BCUT2D eigenvalue weighted by Crippen LogP contribution is 2.12. The monoisotopic (exact) mass is 263 g/mol. The van der Waals surface area contributed by atoms with E-state index in [9.17, 15) is 4.79 Å². The fraction of sp³-hybridized carbons (Fsp3) is 0.0833. The maximum Gasteiger partial charge on any atom is 0.218 e. The first-order valence-corrected chi connectivity index (χ1v) is 5.51. The first-order chi connectivity index (χ1) is 8.63. The van der Waals surface area contributed by atoms with Crippen LogP contribution < -0.4 is 0 Å². The number of oxime groups is 1. The van der Waals surface area contributed by atoms with Gasteiger partial charge in [0.15, 0.2) is 11.5 Å². The summed E-state index contributed by atoms with van der Waals surface area (Å²) in [5, 5.41) is 12.6. The van der Waals surface area contributed by atoms with E-state index in [-0.39, 0.29) is 5.71 Å². The number of benzene rings is 1. The highest BCUT2D eigenvalue weighted by Gasteiger charge is 2.20. The van der Waals surface area contributed by atoms with Crippen LogP contribution in [-0.2, 0) is 7.05 Å². The van der Waals surface area contributed by atoms with E-state index in [0.29, 0.717) is 16.4 Å². The van der Waals surface area contributed by atoms with Gasteiger partial charge in [-0.2, -0.15) is 0 Å². The lowest BCUT2D eigenvalue weighted by Gasteiger charge is -2.04. The maximum absolute atomic E-state index is 12.2. The topological polar surface area (TPSA) is 67.5 Å². The standard InChI is InChI=1S/C12H10ClN3O2/c1-16-7-6-14-12(16)10(15-18)11(17)8-2-4-9(13)5-3-8/h2-7,18H,1H3/b15-10-. The van der Waals surface area contributed by atoms with Crippen molar-refractivity contribution in [3.8, 4) is 0 Å². The second-order valence-electron chi connectivity index (χ2n) is 3.65. The number of halogens is 1. The van der Waals surface area contributed by atoms with Gasteiger partial charge in [0.1, 0.15) is 0 Å². The molecule has 6 heteroatoms. The summed E-state index contributed by atoms with van der Waals surface area (Å²) >= 11 is 5.75. The molecule has 0 atom stereocenters. The van der Waals surface area contributed by atoms with E-state index >= 15 is 0 Å². The van der Waals surface area contributed by atoms with Crippen LogP contribution in [0, 0.1) is 0 Å². The van der Waals surface area contributed by atoms with E-state index in [2.05, 4.69) is 10.1 Å². The van der Waals surface area contributed by atoms with Crippen molar-refractivity contribution in [2.24, 2.45) is 12.2 Å². The van der Waals surface area contributed by atoms with Crippen molar-refractivity contribution in [2.75, 3.05) is 0 Å². The summed E-state index contributed by atoms with van der Waals surface area (Å²) in [5.74, 6) is -0.110. The highest BCUT2D eigenvalue weighted by atomic mass is 35.5. The van der Waals surface area contributed by atoms with Gasteiger partial charge in [-0.1, -0.05) is 16.8 Å². The lowest BCUT2D eigenvalue weighted by Crippen LogP contribution is -2.19. The van der Waals surface area contributed by atoms with Crippen LogP contribution in [0.1, 0.15) is 16.2 Å². The molecule has 0 radical (unpaired) electrons. The molecule has 2 rings (SSSR count). The fourth-order valence-corrected chi connectivity index (χ4v) is 1.65. The Balaban J connectivity index is 2.38. The van der Waals surface area contributed by atoms with Crippen molar-refractivity contribution in [2.45, 2.75) is 0 Å². The third-order valence-electron chi connectivity index (χ3n) is 2.45. The minimum atomic E-state index is -0.413. The molecule has 0 saturated heterocycles. The minimum Gasteiger partial charge on any atom is -0.410 e. The Bertz CT molecular complexity index is 602. The fourth-order valence-electron chi connectivity index (χ4n) is 1.52. The molecule has 92 valence electrons. The molecule has 1 aromatic heterocycles. The van der Waals surface area contributed by atoms with Crippen LogP contribution in [0.15, 0.2) is 41.8 Å². The smallest absolute Gasteiger partial charge is 0.218 e. The van der Waals surface area contributed by atoms with Gasteiger partial charge in [-0.15, -0.1) is 0 Å². The summed E-state index contributed by atoms with van der Waals surface area (Å²) in [7, 11) is 1.71. The molecule has 1 aromatic carbocycles. The summed E-state index contributed by atoms with van der Waals surface area (Å²) < 4.78 is 1.60. The van der Waals surface area contributed by atoms with Gasteiger partial charge in [0.2, 0.25) is 5.78 Å². The lowest BCUT2D eigenvalue weighted by molar-refractivity contribution is 0.106. The number of hydrogen-bond donors (Lipinski definition) is 1. The van der Waals surface area contributed by atoms with Gasteiger partial charge >= 0.3 is 0 Å². The van der Waals surface area contributed by atoms with Crippen molar-refractivity contribution in [1.29, 1.82) is 0 Å². The molecule has 0 unspecified atom stereocenters. The summed E-state index contributed by atoms with van der Waals surface area (Å²) in [6.45, 7) is 0. The second kappa shape index (κ2) is 5.01. The number of rotatable bonds is 3. The predicted molar refractivity (Wildman–Crippen MR) is 67.3 cm³/mol. The molecule has 1 heterocycles. The van der Waals surface area contributed by atoms with Crippen molar-refractivity contribution >= 4 is 23.1 Å². The first-order valence-electron chi connectivity index (χ1n) is 5.13. The Morgan fingerprint density at radius 2 is 2.06 bits per heavy atom. The third kappa shape index (κ3) is 2.26. The molecule has 0 spiro atoms. The van der Waals surface area contributed by atoms with Crippen LogP contribution in [0.5, 0.6) is 0 Å². The molecular weight excluding hydrogens is 254 g/mol.